The van der Waals surface area contributed by atoms with Crippen molar-refractivity contribution in [3.05, 3.63) is 29.3 Å². The monoisotopic (exact) mass is 361 g/mol. The molecule has 1 amide bonds. The molecule has 2 heterocycles. The quantitative estimate of drug-likeness (QED) is 0.801. The van der Waals surface area contributed by atoms with E-state index in [0.29, 0.717) is 43.1 Å². The highest BCUT2D eigenvalue weighted by Gasteiger charge is 2.30. The summed E-state index contributed by atoms with van der Waals surface area (Å²) < 4.78 is 16.1. The fourth-order valence-corrected chi connectivity index (χ4v) is 3.30. The average molecular weight is 361 g/mol. The summed E-state index contributed by atoms with van der Waals surface area (Å²) in [7, 11) is 1.57. The zero-order valence-corrected chi connectivity index (χ0v) is 14.7. The standard InChI is InChI=1S/C19H23NO6/c1-24-15-2-3-17-13(9-15)8-14(11-26-17)18(21)20-10-16(19(22)23)12-4-6-25-7-5-12/h2-3,8-9,12,16H,4-7,10-11H2,1H3,(H,20,21)(H,22,23). The Morgan fingerprint density at radius 1 is 1.35 bits per heavy atom. The van der Waals surface area contributed by atoms with Crippen molar-refractivity contribution in [1.82, 2.24) is 5.32 Å². The number of nitrogens with one attached hydrogen (secondary N) is 1. The molecule has 7 nitrogen and oxygen atoms in total. The molecule has 1 fully saturated rings. The second-order valence-corrected chi connectivity index (χ2v) is 6.47. The fraction of sp³-hybridized carbons (Fsp3) is 0.474. The molecule has 1 aromatic carbocycles. The molecule has 0 spiro atoms. The van der Waals surface area contributed by atoms with Crippen LogP contribution in [0.5, 0.6) is 11.5 Å². The zero-order chi connectivity index (χ0) is 18.5. The maximum absolute atomic E-state index is 12.5. The summed E-state index contributed by atoms with van der Waals surface area (Å²) in [4.78, 5) is 24.0. The van der Waals surface area contributed by atoms with Gasteiger partial charge in [-0.1, -0.05) is 0 Å². The number of ether oxygens (including phenoxy) is 3. The Hall–Kier alpha value is -2.54. The first kappa shape index (κ1) is 18.3. The molecule has 0 aliphatic carbocycles. The van der Waals surface area contributed by atoms with Gasteiger partial charge in [0.05, 0.1) is 18.6 Å². The normalized spacial score (nSPS) is 18.1. The maximum Gasteiger partial charge on any atom is 0.308 e. The molecule has 1 unspecified atom stereocenters. The topological polar surface area (TPSA) is 94.1 Å². The molecule has 2 aliphatic heterocycles. The number of benzene rings is 1. The third-order valence-corrected chi connectivity index (χ3v) is 4.86. The van der Waals surface area contributed by atoms with Crippen LogP contribution in [0.2, 0.25) is 0 Å². The molecule has 0 saturated carbocycles. The van der Waals surface area contributed by atoms with Crippen molar-refractivity contribution in [1.29, 1.82) is 0 Å². The predicted molar refractivity (Wildman–Crippen MR) is 94.1 cm³/mol. The van der Waals surface area contributed by atoms with Gasteiger partial charge in [0.25, 0.3) is 5.91 Å². The van der Waals surface area contributed by atoms with E-state index in [9.17, 15) is 14.7 Å². The Labute approximate surface area is 151 Å². The van der Waals surface area contributed by atoms with Crippen LogP contribution in [0, 0.1) is 11.8 Å². The number of carboxylic acids is 1. The van der Waals surface area contributed by atoms with Crippen LogP contribution < -0.4 is 14.8 Å². The third kappa shape index (κ3) is 4.16. The largest absolute Gasteiger partial charge is 0.497 e. The number of rotatable bonds is 6. The Morgan fingerprint density at radius 3 is 2.81 bits per heavy atom. The summed E-state index contributed by atoms with van der Waals surface area (Å²) in [6, 6.07) is 5.39. The lowest BCUT2D eigenvalue weighted by atomic mass is 9.86. The SMILES string of the molecule is COc1ccc2c(c1)C=C(C(=O)NCC(C(=O)O)C1CCOCC1)CO2. The highest BCUT2D eigenvalue weighted by Crippen LogP contribution is 2.30. The van der Waals surface area contributed by atoms with Crippen LogP contribution in [0.1, 0.15) is 18.4 Å². The van der Waals surface area contributed by atoms with Crippen molar-refractivity contribution in [3.63, 3.8) is 0 Å². The van der Waals surface area contributed by atoms with Gasteiger partial charge in [-0.25, -0.2) is 0 Å². The lowest BCUT2D eigenvalue weighted by Crippen LogP contribution is -2.40. The first-order valence-corrected chi connectivity index (χ1v) is 8.68. The van der Waals surface area contributed by atoms with E-state index >= 15 is 0 Å². The highest BCUT2D eigenvalue weighted by molar-refractivity contribution is 5.99. The van der Waals surface area contributed by atoms with Gasteiger partial charge < -0.3 is 24.6 Å². The Balaban J connectivity index is 1.65. The maximum atomic E-state index is 12.5. The first-order chi connectivity index (χ1) is 12.6. The molecule has 7 heteroatoms. The minimum atomic E-state index is -0.888. The number of amides is 1. The summed E-state index contributed by atoms with van der Waals surface area (Å²) in [6.45, 7) is 1.39. The molecule has 0 aromatic heterocycles. The van der Waals surface area contributed by atoms with Crippen LogP contribution in [0.25, 0.3) is 6.08 Å². The fourth-order valence-electron chi connectivity index (χ4n) is 3.30. The Kier molecular flexibility index (Phi) is 5.78. The van der Waals surface area contributed by atoms with Crippen molar-refractivity contribution >= 4 is 18.0 Å². The molecule has 140 valence electrons. The van der Waals surface area contributed by atoms with E-state index in [2.05, 4.69) is 5.32 Å². The highest BCUT2D eigenvalue weighted by atomic mass is 16.5. The van der Waals surface area contributed by atoms with E-state index < -0.39 is 11.9 Å². The van der Waals surface area contributed by atoms with Crippen LogP contribution in [0.3, 0.4) is 0 Å². The van der Waals surface area contributed by atoms with Gasteiger partial charge in [0.2, 0.25) is 0 Å². The molecule has 26 heavy (non-hydrogen) atoms. The number of methoxy groups -OCH3 is 1. The molecule has 1 saturated heterocycles. The molecule has 0 radical (unpaired) electrons. The number of aliphatic carboxylic acids is 1. The molecule has 0 bridgehead atoms. The number of carbonyl (C=O) groups is 2. The predicted octanol–water partition coefficient (Wildman–Crippen LogP) is 1.71. The minimum absolute atomic E-state index is 0.0168. The molecule has 2 aliphatic rings. The van der Waals surface area contributed by atoms with Crippen LogP contribution in [-0.4, -0.2) is 50.5 Å². The van der Waals surface area contributed by atoms with Crippen LogP contribution in [-0.2, 0) is 14.3 Å². The lowest BCUT2D eigenvalue weighted by molar-refractivity contribution is -0.144. The number of hydrogen-bond donors (Lipinski definition) is 2. The number of fused-ring (bicyclic) bond motifs is 1. The Morgan fingerprint density at radius 2 is 2.12 bits per heavy atom. The van der Waals surface area contributed by atoms with Crippen molar-refractivity contribution < 1.29 is 28.9 Å². The Bertz CT molecular complexity index is 708. The second kappa shape index (κ2) is 8.23. The van der Waals surface area contributed by atoms with Gasteiger partial charge in [-0.05, 0) is 43.0 Å². The van der Waals surface area contributed by atoms with Crippen molar-refractivity contribution in [2.45, 2.75) is 12.8 Å². The van der Waals surface area contributed by atoms with Gasteiger partial charge in [0.15, 0.2) is 0 Å². The summed E-state index contributed by atoms with van der Waals surface area (Å²) in [6.07, 6.45) is 3.15. The summed E-state index contributed by atoms with van der Waals surface area (Å²) >= 11 is 0. The lowest BCUT2D eigenvalue weighted by Gasteiger charge is -2.28. The van der Waals surface area contributed by atoms with E-state index in [1.54, 1.807) is 31.4 Å². The van der Waals surface area contributed by atoms with Gasteiger partial charge in [0, 0.05) is 25.3 Å². The van der Waals surface area contributed by atoms with E-state index in [1.165, 1.54) is 0 Å². The number of carboxylic acid groups (broad SMARTS) is 1. The van der Waals surface area contributed by atoms with Gasteiger partial charge >= 0.3 is 5.97 Å². The molecule has 3 rings (SSSR count). The summed E-state index contributed by atoms with van der Waals surface area (Å²) in [5.41, 5.74) is 1.22. The molecule has 2 N–H and O–H groups in total. The van der Waals surface area contributed by atoms with Crippen molar-refractivity contribution in [2.24, 2.45) is 11.8 Å². The molecular formula is C19H23NO6. The minimum Gasteiger partial charge on any atom is -0.497 e. The molecular weight excluding hydrogens is 338 g/mol. The van der Waals surface area contributed by atoms with E-state index in [0.717, 1.165) is 5.56 Å². The third-order valence-electron chi connectivity index (χ3n) is 4.86. The smallest absolute Gasteiger partial charge is 0.308 e. The van der Waals surface area contributed by atoms with Crippen LogP contribution in [0.15, 0.2) is 23.8 Å². The van der Waals surface area contributed by atoms with Gasteiger partial charge in [-0.2, -0.15) is 0 Å². The second-order valence-electron chi connectivity index (χ2n) is 6.47. The van der Waals surface area contributed by atoms with Crippen LogP contribution >= 0.6 is 0 Å². The summed E-state index contributed by atoms with van der Waals surface area (Å²) in [5.74, 6) is -0.426. The van der Waals surface area contributed by atoms with Crippen LogP contribution in [0.4, 0.5) is 0 Å². The van der Waals surface area contributed by atoms with E-state index in [-0.39, 0.29) is 25.0 Å². The van der Waals surface area contributed by atoms with Crippen molar-refractivity contribution in [3.8, 4) is 11.5 Å². The van der Waals surface area contributed by atoms with Gasteiger partial charge in [-0.15, -0.1) is 0 Å². The molecule has 1 atom stereocenters. The number of carbonyl (C=O) groups excluding carboxylic acids is 1. The summed E-state index contributed by atoms with van der Waals surface area (Å²) in [5, 5.41) is 12.2. The first-order valence-electron chi connectivity index (χ1n) is 8.68. The average Bonchev–Trinajstić information content (AvgIpc) is 2.67. The van der Waals surface area contributed by atoms with Crippen molar-refractivity contribution in [2.75, 3.05) is 33.5 Å². The van der Waals surface area contributed by atoms with Gasteiger partial charge in [0.1, 0.15) is 18.1 Å². The zero-order valence-electron chi connectivity index (χ0n) is 14.7. The van der Waals surface area contributed by atoms with E-state index in [4.69, 9.17) is 14.2 Å². The number of hydrogen-bond acceptors (Lipinski definition) is 5. The van der Waals surface area contributed by atoms with E-state index in [1.807, 2.05) is 0 Å². The molecule has 1 aromatic rings. The van der Waals surface area contributed by atoms with Gasteiger partial charge in [-0.3, -0.25) is 9.59 Å².